The van der Waals surface area contributed by atoms with Gasteiger partial charge in [0.1, 0.15) is 5.75 Å². The fourth-order valence-corrected chi connectivity index (χ4v) is 2.15. The van der Waals surface area contributed by atoms with Crippen molar-refractivity contribution in [1.82, 2.24) is 0 Å². The molecule has 106 valence electrons. The number of hydrogen-bond donors (Lipinski definition) is 1. The third kappa shape index (κ3) is 4.78. The average molecular weight is 290 g/mol. The Balaban J connectivity index is 1.61. The predicted octanol–water partition coefficient (Wildman–Crippen LogP) is 4.92. The normalized spacial score (nSPS) is 10.3. The largest absolute Gasteiger partial charge is 0.493 e. The molecule has 2 rings (SSSR count). The van der Waals surface area contributed by atoms with Gasteiger partial charge in [0.05, 0.1) is 6.61 Å². The quantitative estimate of drug-likeness (QED) is 0.731. The standard InChI is InChI=1S/C17H20ClNO/c1-14-7-2-3-10-17(14)20-12-5-4-11-19-16-9-6-8-15(18)13-16/h2-3,6-10,13,19H,4-5,11-12H2,1H3. The van der Waals surface area contributed by atoms with E-state index < -0.39 is 0 Å². The molecule has 0 aliphatic heterocycles. The van der Waals surface area contributed by atoms with Crippen LogP contribution in [0.3, 0.4) is 0 Å². The summed E-state index contributed by atoms with van der Waals surface area (Å²) in [6.45, 7) is 3.75. The van der Waals surface area contributed by atoms with Crippen LogP contribution >= 0.6 is 11.6 Å². The van der Waals surface area contributed by atoms with E-state index in [9.17, 15) is 0 Å². The van der Waals surface area contributed by atoms with Crippen LogP contribution in [0.2, 0.25) is 5.02 Å². The first-order valence-electron chi connectivity index (χ1n) is 6.93. The zero-order chi connectivity index (χ0) is 14.2. The Morgan fingerprint density at radius 1 is 1.05 bits per heavy atom. The fraction of sp³-hybridized carbons (Fsp3) is 0.294. The molecule has 0 atom stereocenters. The molecule has 0 unspecified atom stereocenters. The second kappa shape index (κ2) is 7.81. The summed E-state index contributed by atoms with van der Waals surface area (Å²) >= 11 is 5.93. The minimum atomic E-state index is 0.752. The molecular formula is C17H20ClNO. The maximum Gasteiger partial charge on any atom is 0.122 e. The van der Waals surface area contributed by atoms with Crippen molar-refractivity contribution in [3.05, 3.63) is 59.1 Å². The number of aryl methyl sites for hydroxylation is 1. The second-order valence-electron chi connectivity index (χ2n) is 4.76. The minimum Gasteiger partial charge on any atom is -0.493 e. The fourth-order valence-electron chi connectivity index (χ4n) is 1.96. The molecule has 1 N–H and O–H groups in total. The van der Waals surface area contributed by atoms with Crippen molar-refractivity contribution < 1.29 is 4.74 Å². The van der Waals surface area contributed by atoms with Crippen molar-refractivity contribution in [3.63, 3.8) is 0 Å². The highest BCUT2D eigenvalue weighted by molar-refractivity contribution is 6.30. The minimum absolute atomic E-state index is 0.752. The van der Waals surface area contributed by atoms with Gasteiger partial charge >= 0.3 is 0 Å². The summed E-state index contributed by atoms with van der Waals surface area (Å²) in [6.07, 6.45) is 2.10. The van der Waals surface area contributed by atoms with Crippen molar-refractivity contribution in [1.29, 1.82) is 0 Å². The third-order valence-corrected chi connectivity index (χ3v) is 3.31. The molecular weight excluding hydrogens is 270 g/mol. The van der Waals surface area contributed by atoms with Crippen molar-refractivity contribution in [2.24, 2.45) is 0 Å². The molecule has 0 radical (unpaired) electrons. The Labute approximate surface area is 125 Å². The maximum atomic E-state index is 5.93. The van der Waals surface area contributed by atoms with Crippen LogP contribution in [0.5, 0.6) is 5.75 Å². The lowest BCUT2D eigenvalue weighted by molar-refractivity contribution is 0.306. The smallest absolute Gasteiger partial charge is 0.122 e. The van der Waals surface area contributed by atoms with E-state index >= 15 is 0 Å². The Kier molecular flexibility index (Phi) is 5.75. The van der Waals surface area contributed by atoms with Gasteiger partial charge in [-0.1, -0.05) is 35.9 Å². The summed E-state index contributed by atoms with van der Waals surface area (Å²) in [5, 5.41) is 4.12. The number of anilines is 1. The third-order valence-electron chi connectivity index (χ3n) is 3.08. The molecule has 0 bridgehead atoms. The summed E-state index contributed by atoms with van der Waals surface area (Å²) in [4.78, 5) is 0. The van der Waals surface area contributed by atoms with Crippen LogP contribution in [-0.4, -0.2) is 13.2 Å². The van der Waals surface area contributed by atoms with Gasteiger partial charge < -0.3 is 10.1 Å². The molecule has 0 aliphatic rings. The van der Waals surface area contributed by atoms with Crippen LogP contribution in [0.1, 0.15) is 18.4 Å². The average Bonchev–Trinajstić information content (AvgIpc) is 2.44. The Morgan fingerprint density at radius 2 is 1.90 bits per heavy atom. The van der Waals surface area contributed by atoms with Crippen molar-refractivity contribution in [2.75, 3.05) is 18.5 Å². The Morgan fingerprint density at radius 3 is 2.70 bits per heavy atom. The van der Waals surface area contributed by atoms with Crippen LogP contribution in [0.15, 0.2) is 48.5 Å². The summed E-state index contributed by atoms with van der Waals surface area (Å²) < 4.78 is 5.76. The molecule has 0 saturated heterocycles. The molecule has 2 nitrogen and oxygen atoms in total. The topological polar surface area (TPSA) is 21.3 Å². The molecule has 0 amide bonds. The molecule has 0 fully saturated rings. The van der Waals surface area contributed by atoms with E-state index in [1.807, 2.05) is 42.5 Å². The van der Waals surface area contributed by atoms with Crippen LogP contribution in [0.4, 0.5) is 5.69 Å². The zero-order valence-corrected chi connectivity index (χ0v) is 12.5. The Hall–Kier alpha value is -1.67. The van der Waals surface area contributed by atoms with E-state index in [1.54, 1.807) is 0 Å². The van der Waals surface area contributed by atoms with E-state index in [0.29, 0.717) is 0 Å². The van der Waals surface area contributed by atoms with E-state index in [1.165, 1.54) is 5.56 Å². The first kappa shape index (κ1) is 14.7. The van der Waals surface area contributed by atoms with Crippen molar-refractivity contribution >= 4 is 17.3 Å². The second-order valence-corrected chi connectivity index (χ2v) is 5.19. The highest BCUT2D eigenvalue weighted by Crippen LogP contribution is 2.17. The lowest BCUT2D eigenvalue weighted by Gasteiger charge is -2.09. The van der Waals surface area contributed by atoms with E-state index in [2.05, 4.69) is 18.3 Å². The lowest BCUT2D eigenvalue weighted by Crippen LogP contribution is -2.05. The number of nitrogens with one attached hydrogen (secondary N) is 1. The van der Waals surface area contributed by atoms with Crippen molar-refractivity contribution in [2.45, 2.75) is 19.8 Å². The Bertz CT molecular complexity index is 542. The van der Waals surface area contributed by atoms with Crippen LogP contribution < -0.4 is 10.1 Å². The predicted molar refractivity (Wildman–Crippen MR) is 85.8 cm³/mol. The molecule has 0 saturated carbocycles. The molecule has 0 heterocycles. The first-order valence-corrected chi connectivity index (χ1v) is 7.31. The van der Waals surface area contributed by atoms with Gasteiger partial charge in [0.15, 0.2) is 0 Å². The number of para-hydroxylation sites is 1. The van der Waals surface area contributed by atoms with Crippen LogP contribution in [0, 0.1) is 6.92 Å². The van der Waals surface area contributed by atoms with Gasteiger partial charge in [0.25, 0.3) is 0 Å². The molecule has 0 aromatic heterocycles. The molecule has 0 spiro atoms. The summed E-state index contributed by atoms with van der Waals surface area (Å²) in [5.74, 6) is 0.982. The van der Waals surface area contributed by atoms with E-state index in [4.69, 9.17) is 16.3 Å². The molecule has 0 aliphatic carbocycles. The number of halogens is 1. The van der Waals surface area contributed by atoms with Gasteiger partial charge in [-0.05, 0) is 49.6 Å². The first-order chi connectivity index (χ1) is 9.75. The summed E-state index contributed by atoms with van der Waals surface area (Å²) in [7, 11) is 0. The number of hydrogen-bond acceptors (Lipinski definition) is 2. The summed E-state index contributed by atoms with van der Waals surface area (Å²) in [5.41, 5.74) is 2.25. The SMILES string of the molecule is Cc1ccccc1OCCCCNc1cccc(Cl)c1. The zero-order valence-electron chi connectivity index (χ0n) is 11.7. The number of unbranched alkanes of at least 4 members (excludes halogenated alkanes) is 1. The van der Waals surface area contributed by atoms with Gasteiger partial charge in [-0.25, -0.2) is 0 Å². The monoisotopic (exact) mass is 289 g/mol. The van der Waals surface area contributed by atoms with Gasteiger partial charge in [-0.15, -0.1) is 0 Å². The maximum absolute atomic E-state index is 5.93. The van der Waals surface area contributed by atoms with E-state index in [0.717, 1.165) is 42.5 Å². The highest BCUT2D eigenvalue weighted by atomic mass is 35.5. The van der Waals surface area contributed by atoms with Gasteiger partial charge in [-0.3, -0.25) is 0 Å². The van der Waals surface area contributed by atoms with Gasteiger partial charge in [0.2, 0.25) is 0 Å². The van der Waals surface area contributed by atoms with Crippen LogP contribution in [0.25, 0.3) is 0 Å². The number of ether oxygens (including phenoxy) is 1. The number of benzene rings is 2. The molecule has 20 heavy (non-hydrogen) atoms. The van der Waals surface area contributed by atoms with Crippen LogP contribution in [-0.2, 0) is 0 Å². The molecule has 2 aromatic rings. The molecule has 3 heteroatoms. The molecule has 2 aromatic carbocycles. The van der Waals surface area contributed by atoms with Crippen molar-refractivity contribution in [3.8, 4) is 5.75 Å². The highest BCUT2D eigenvalue weighted by Gasteiger charge is 1.97. The summed E-state index contributed by atoms with van der Waals surface area (Å²) in [6, 6.07) is 15.9. The lowest BCUT2D eigenvalue weighted by atomic mass is 10.2. The number of rotatable bonds is 7. The van der Waals surface area contributed by atoms with E-state index in [-0.39, 0.29) is 0 Å². The van der Waals surface area contributed by atoms with Gasteiger partial charge in [0, 0.05) is 17.3 Å². The van der Waals surface area contributed by atoms with Gasteiger partial charge in [-0.2, -0.15) is 0 Å².